The number of hydrogen-bond acceptors (Lipinski definition) is 4. The summed E-state index contributed by atoms with van der Waals surface area (Å²) < 4.78 is 42.0. The smallest absolute Gasteiger partial charge is 0.211 e. The van der Waals surface area contributed by atoms with Gasteiger partial charge in [-0.1, -0.05) is 6.92 Å². The van der Waals surface area contributed by atoms with Crippen LogP contribution in [0.25, 0.3) is 11.3 Å². The number of aryl methyl sites for hydroxylation is 1. The largest absolute Gasteiger partial charge is 0.298 e. The predicted octanol–water partition coefficient (Wildman–Crippen LogP) is 2.73. The number of rotatable bonds is 7. The highest BCUT2D eigenvalue weighted by molar-refractivity contribution is 7.89. The van der Waals surface area contributed by atoms with Gasteiger partial charge in [-0.2, -0.15) is 5.10 Å². The van der Waals surface area contributed by atoms with E-state index in [1.807, 2.05) is 18.7 Å². The Labute approximate surface area is 172 Å². The summed E-state index contributed by atoms with van der Waals surface area (Å²) in [6, 6.07) is 8.83. The molecule has 5 rings (SSSR count). The Morgan fingerprint density at radius 1 is 1.28 bits per heavy atom. The maximum atomic E-state index is 13.2. The number of halogens is 1. The van der Waals surface area contributed by atoms with Gasteiger partial charge in [0.05, 0.1) is 11.4 Å². The van der Waals surface area contributed by atoms with E-state index in [9.17, 15) is 12.8 Å². The van der Waals surface area contributed by atoms with Crippen molar-refractivity contribution in [3.8, 4) is 11.3 Å². The van der Waals surface area contributed by atoms with Crippen LogP contribution in [0.5, 0.6) is 0 Å². The Balaban J connectivity index is 1.46. The lowest BCUT2D eigenvalue weighted by Crippen LogP contribution is -2.56. The molecule has 29 heavy (non-hydrogen) atoms. The van der Waals surface area contributed by atoms with Gasteiger partial charge >= 0.3 is 0 Å². The van der Waals surface area contributed by atoms with Gasteiger partial charge in [-0.05, 0) is 62.1 Å². The molecule has 4 atom stereocenters. The summed E-state index contributed by atoms with van der Waals surface area (Å²) >= 11 is 0. The van der Waals surface area contributed by atoms with Crippen LogP contribution in [0.3, 0.4) is 0 Å². The lowest BCUT2D eigenvalue weighted by atomic mass is 9.74. The molecule has 0 amide bonds. The van der Waals surface area contributed by atoms with Crippen molar-refractivity contribution in [3.05, 3.63) is 41.8 Å². The molecule has 3 saturated heterocycles. The quantitative estimate of drug-likeness (QED) is 0.748. The Hall–Kier alpha value is -1.77. The van der Waals surface area contributed by atoms with Crippen LogP contribution < -0.4 is 4.72 Å². The molecular weight excluding hydrogens is 391 g/mol. The van der Waals surface area contributed by atoms with E-state index in [0.717, 1.165) is 37.2 Å². The van der Waals surface area contributed by atoms with Crippen molar-refractivity contribution in [2.45, 2.75) is 38.1 Å². The summed E-state index contributed by atoms with van der Waals surface area (Å²) in [5.74, 6) is 0.853. The molecule has 0 spiro atoms. The van der Waals surface area contributed by atoms with Gasteiger partial charge in [0.2, 0.25) is 10.0 Å². The van der Waals surface area contributed by atoms with Gasteiger partial charge in [0.1, 0.15) is 5.82 Å². The molecule has 6 nitrogen and oxygen atoms in total. The summed E-state index contributed by atoms with van der Waals surface area (Å²) in [6.45, 7) is 4.32. The van der Waals surface area contributed by atoms with Crippen molar-refractivity contribution in [1.29, 1.82) is 0 Å². The van der Waals surface area contributed by atoms with Gasteiger partial charge in [0.25, 0.3) is 0 Å². The monoisotopic (exact) mass is 420 g/mol. The number of fused-ring (bicyclic) bond motifs is 3. The number of nitrogens with one attached hydrogen (secondary N) is 1. The van der Waals surface area contributed by atoms with Crippen molar-refractivity contribution < 1.29 is 12.8 Å². The first-order valence-corrected chi connectivity index (χ1v) is 12.0. The molecule has 2 bridgehead atoms. The molecule has 3 aliphatic heterocycles. The standard InChI is InChI=1S/C21H29FN4O2S/c1-3-10-29(27,28)23-13-18-11-16-8-9-26(18)14-19(16)21-12-20(24-25(21)2)15-4-6-17(22)7-5-15/h4-7,12,16,18-19,23H,3,8-11,13-14H2,1-2H3/t16-,18-,19+/m1/s1. The van der Waals surface area contributed by atoms with E-state index in [-0.39, 0.29) is 17.6 Å². The lowest BCUT2D eigenvalue weighted by molar-refractivity contribution is 0.0306. The third-order valence-electron chi connectivity index (χ3n) is 6.33. The SMILES string of the molecule is CCCS(=O)(=O)NC[C@H]1C[C@H]2CCN1C[C@@H]2c1cc(-c2ccc(F)cc2)nn1C. The maximum absolute atomic E-state index is 13.2. The zero-order valence-corrected chi connectivity index (χ0v) is 17.8. The van der Waals surface area contributed by atoms with Gasteiger partial charge < -0.3 is 0 Å². The van der Waals surface area contributed by atoms with Crippen LogP contribution in [0.2, 0.25) is 0 Å². The van der Waals surface area contributed by atoms with E-state index in [0.29, 0.717) is 24.8 Å². The highest BCUT2D eigenvalue weighted by atomic mass is 32.2. The van der Waals surface area contributed by atoms with Crippen molar-refractivity contribution in [2.24, 2.45) is 13.0 Å². The molecule has 0 radical (unpaired) electrons. The molecule has 3 fully saturated rings. The normalized spacial score (nSPS) is 26.7. The first-order valence-electron chi connectivity index (χ1n) is 10.4. The molecule has 1 unspecified atom stereocenters. The molecule has 4 heterocycles. The van der Waals surface area contributed by atoms with E-state index in [2.05, 4.69) is 20.8 Å². The van der Waals surface area contributed by atoms with E-state index < -0.39 is 10.0 Å². The summed E-state index contributed by atoms with van der Waals surface area (Å²) in [5.41, 5.74) is 2.98. The predicted molar refractivity (Wildman–Crippen MR) is 112 cm³/mol. The zero-order chi connectivity index (χ0) is 20.6. The Morgan fingerprint density at radius 3 is 2.69 bits per heavy atom. The van der Waals surface area contributed by atoms with Crippen molar-refractivity contribution in [1.82, 2.24) is 19.4 Å². The maximum Gasteiger partial charge on any atom is 0.211 e. The van der Waals surface area contributed by atoms with Crippen LogP contribution >= 0.6 is 0 Å². The Kier molecular flexibility index (Phi) is 5.77. The summed E-state index contributed by atoms with van der Waals surface area (Å²) in [4.78, 5) is 2.42. The van der Waals surface area contributed by atoms with Gasteiger partial charge in [-0.25, -0.2) is 17.5 Å². The molecule has 3 aliphatic rings. The second-order valence-corrected chi connectivity index (χ2v) is 10.2. The molecule has 158 valence electrons. The molecule has 8 heteroatoms. The molecule has 1 aromatic carbocycles. The minimum absolute atomic E-state index is 0.187. The Morgan fingerprint density at radius 2 is 2.03 bits per heavy atom. The fraction of sp³-hybridized carbons (Fsp3) is 0.571. The van der Waals surface area contributed by atoms with Gasteiger partial charge in [-0.3, -0.25) is 9.58 Å². The molecule has 1 N–H and O–H groups in total. The molecule has 2 aromatic rings. The summed E-state index contributed by atoms with van der Waals surface area (Å²) in [5, 5.41) is 4.66. The average Bonchev–Trinajstić information content (AvgIpc) is 3.09. The summed E-state index contributed by atoms with van der Waals surface area (Å²) in [7, 11) is -1.20. The lowest BCUT2D eigenvalue weighted by Gasteiger charge is -2.49. The molecular formula is C21H29FN4O2S. The average molecular weight is 421 g/mol. The number of piperidine rings is 3. The second kappa shape index (κ2) is 8.16. The minimum atomic E-state index is -3.17. The highest BCUT2D eigenvalue weighted by Crippen LogP contribution is 2.42. The van der Waals surface area contributed by atoms with Gasteiger partial charge in [0, 0.05) is 43.4 Å². The van der Waals surface area contributed by atoms with Crippen LogP contribution in [0, 0.1) is 11.7 Å². The van der Waals surface area contributed by atoms with Gasteiger partial charge in [0.15, 0.2) is 0 Å². The Bertz CT molecular complexity index is 958. The van der Waals surface area contributed by atoms with Crippen LogP contribution in [0.4, 0.5) is 4.39 Å². The fourth-order valence-corrected chi connectivity index (χ4v) is 5.97. The molecule has 1 aromatic heterocycles. The molecule has 0 aliphatic carbocycles. The number of aromatic nitrogens is 2. The third kappa shape index (κ3) is 4.39. The van der Waals surface area contributed by atoms with Gasteiger partial charge in [-0.15, -0.1) is 0 Å². The van der Waals surface area contributed by atoms with Crippen LogP contribution in [0.1, 0.15) is 37.8 Å². The summed E-state index contributed by atoms with van der Waals surface area (Å²) in [6.07, 6.45) is 2.75. The van der Waals surface area contributed by atoms with E-state index in [1.54, 1.807) is 12.1 Å². The van der Waals surface area contributed by atoms with Crippen LogP contribution in [-0.4, -0.2) is 54.5 Å². The molecule has 0 saturated carbocycles. The van der Waals surface area contributed by atoms with E-state index in [4.69, 9.17) is 0 Å². The highest BCUT2D eigenvalue weighted by Gasteiger charge is 2.42. The number of nitrogens with zero attached hydrogens (tertiary/aromatic N) is 3. The third-order valence-corrected chi connectivity index (χ3v) is 7.88. The second-order valence-electron chi connectivity index (χ2n) is 8.29. The first-order chi connectivity index (χ1) is 13.9. The number of benzene rings is 1. The fourth-order valence-electron chi connectivity index (χ4n) is 4.84. The first kappa shape index (κ1) is 20.5. The van der Waals surface area contributed by atoms with Crippen molar-refractivity contribution >= 4 is 10.0 Å². The van der Waals surface area contributed by atoms with Crippen molar-refractivity contribution in [2.75, 3.05) is 25.4 Å². The van der Waals surface area contributed by atoms with Crippen molar-refractivity contribution in [3.63, 3.8) is 0 Å². The zero-order valence-electron chi connectivity index (χ0n) is 17.0. The van der Waals surface area contributed by atoms with E-state index >= 15 is 0 Å². The minimum Gasteiger partial charge on any atom is -0.298 e. The topological polar surface area (TPSA) is 67.2 Å². The van der Waals surface area contributed by atoms with Crippen LogP contribution in [0.15, 0.2) is 30.3 Å². The number of sulfonamides is 1. The van der Waals surface area contributed by atoms with Crippen LogP contribution in [-0.2, 0) is 17.1 Å². The number of hydrogen-bond donors (Lipinski definition) is 1. The van der Waals surface area contributed by atoms with E-state index in [1.165, 1.54) is 17.8 Å².